The second-order valence-electron chi connectivity index (χ2n) is 5.44. The number of amides is 1. The standard InChI is InChI=1S/C18H19NOS/c20-18-12-15(14-7-3-1-4-8-14)11-16(19-18)13-21-17-9-5-2-6-10-17/h1-10,15-16H,11-13H2,(H,19,20)/t15-,16+/m1/s1. The molecule has 108 valence electrons. The molecule has 2 aromatic rings. The lowest BCUT2D eigenvalue weighted by atomic mass is 9.86. The molecule has 0 aliphatic carbocycles. The van der Waals surface area contributed by atoms with E-state index in [2.05, 4.69) is 53.8 Å². The Morgan fingerprint density at radius 2 is 1.67 bits per heavy atom. The fourth-order valence-electron chi connectivity index (χ4n) is 2.80. The van der Waals surface area contributed by atoms with Crippen molar-refractivity contribution < 1.29 is 4.79 Å². The lowest BCUT2D eigenvalue weighted by Gasteiger charge is -2.30. The van der Waals surface area contributed by atoms with E-state index in [0.29, 0.717) is 12.3 Å². The average Bonchev–Trinajstić information content (AvgIpc) is 2.54. The summed E-state index contributed by atoms with van der Waals surface area (Å²) < 4.78 is 0. The summed E-state index contributed by atoms with van der Waals surface area (Å²) in [6.45, 7) is 0. The maximum absolute atomic E-state index is 11.9. The van der Waals surface area contributed by atoms with Crippen LogP contribution in [0.5, 0.6) is 0 Å². The molecule has 0 spiro atoms. The largest absolute Gasteiger partial charge is 0.352 e. The van der Waals surface area contributed by atoms with E-state index in [1.165, 1.54) is 10.5 Å². The molecule has 0 radical (unpaired) electrons. The minimum atomic E-state index is 0.175. The molecule has 0 bridgehead atoms. The van der Waals surface area contributed by atoms with Gasteiger partial charge >= 0.3 is 0 Å². The SMILES string of the molecule is O=C1C[C@H](c2ccccc2)C[C@@H](CSc2ccccc2)N1. The smallest absolute Gasteiger partial charge is 0.220 e. The van der Waals surface area contributed by atoms with E-state index in [0.717, 1.165) is 12.2 Å². The van der Waals surface area contributed by atoms with Gasteiger partial charge in [-0.05, 0) is 30.0 Å². The second kappa shape index (κ2) is 6.81. The quantitative estimate of drug-likeness (QED) is 0.869. The van der Waals surface area contributed by atoms with E-state index >= 15 is 0 Å². The van der Waals surface area contributed by atoms with Crippen LogP contribution in [0.15, 0.2) is 65.6 Å². The van der Waals surface area contributed by atoms with Crippen LogP contribution in [0.3, 0.4) is 0 Å². The normalized spacial score (nSPS) is 21.8. The van der Waals surface area contributed by atoms with Crippen molar-refractivity contribution in [3.63, 3.8) is 0 Å². The van der Waals surface area contributed by atoms with Gasteiger partial charge < -0.3 is 5.32 Å². The lowest BCUT2D eigenvalue weighted by Crippen LogP contribution is -2.43. The molecule has 3 heteroatoms. The Kier molecular flexibility index (Phi) is 4.61. The number of carbonyl (C=O) groups is 1. The van der Waals surface area contributed by atoms with Crippen molar-refractivity contribution in [1.29, 1.82) is 0 Å². The molecule has 2 aromatic carbocycles. The minimum Gasteiger partial charge on any atom is -0.352 e. The van der Waals surface area contributed by atoms with E-state index in [1.54, 1.807) is 0 Å². The number of rotatable bonds is 4. The van der Waals surface area contributed by atoms with Crippen LogP contribution in [0.2, 0.25) is 0 Å². The highest BCUT2D eigenvalue weighted by Crippen LogP contribution is 2.30. The Balaban J connectivity index is 1.62. The van der Waals surface area contributed by atoms with Gasteiger partial charge in [-0.1, -0.05) is 48.5 Å². The van der Waals surface area contributed by atoms with Gasteiger partial charge in [-0.25, -0.2) is 0 Å². The predicted octanol–water partition coefficient (Wildman–Crippen LogP) is 3.84. The molecule has 1 N–H and O–H groups in total. The van der Waals surface area contributed by atoms with E-state index in [-0.39, 0.29) is 11.9 Å². The maximum atomic E-state index is 11.9. The zero-order valence-corrected chi connectivity index (χ0v) is 12.7. The molecule has 0 unspecified atom stereocenters. The fourth-order valence-corrected chi connectivity index (χ4v) is 3.76. The first-order valence-corrected chi connectivity index (χ1v) is 8.32. The van der Waals surface area contributed by atoms with Crippen molar-refractivity contribution in [2.24, 2.45) is 0 Å². The molecule has 0 saturated carbocycles. The van der Waals surface area contributed by atoms with Crippen LogP contribution >= 0.6 is 11.8 Å². The van der Waals surface area contributed by atoms with E-state index < -0.39 is 0 Å². The van der Waals surface area contributed by atoms with Gasteiger partial charge in [0.25, 0.3) is 0 Å². The van der Waals surface area contributed by atoms with Gasteiger partial charge in [-0.15, -0.1) is 11.8 Å². The Morgan fingerprint density at radius 1 is 1.00 bits per heavy atom. The zero-order valence-electron chi connectivity index (χ0n) is 11.9. The second-order valence-corrected chi connectivity index (χ2v) is 6.53. The summed E-state index contributed by atoms with van der Waals surface area (Å²) in [5.74, 6) is 1.45. The lowest BCUT2D eigenvalue weighted by molar-refractivity contribution is -0.123. The monoisotopic (exact) mass is 297 g/mol. The van der Waals surface area contributed by atoms with Crippen molar-refractivity contribution in [2.45, 2.75) is 29.7 Å². The van der Waals surface area contributed by atoms with E-state index in [4.69, 9.17) is 0 Å². The highest BCUT2D eigenvalue weighted by atomic mass is 32.2. The van der Waals surface area contributed by atoms with Crippen molar-refractivity contribution in [3.05, 3.63) is 66.2 Å². The number of hydrogen-bond acceptors (Lipinski definition) is 2. The Bertz CT molecular complexity index is 585. The van der Waals surface area contributed by atoms with Crippen molar-refractivity contribution in [2.75, 3.05) is 5.75 Å². The predicted molar refractivity (Wildman–Crippen MR) is 87.5 cm³/mol. The maximum Gasteiger partial charge on any atom is 0.220 e. The summed E-state index contributed by atoms with van der Waals surface area (Å²) in [6, 6.07) is 21.0. The highest BCUT2D eigenvalue weighted by molar-refractivity contribution is 7.99. The number of nitrogens with one attached hydrogen (secondary N) is 1. The third kappa shape index (κ3) is 3.88. The molecule has 2 nitrogen and oxygen atoms in total. The number of hydrogen-bond donors (Lipinski definition) is 1. The first kappa shape index (κ1) is 14.2. The summed E-state index contributed by atoms with van der Waals surface area (Å²) >= 11 is 1.81. The molecule has 1 heterocycles. The first-order chi connectivity index (χ1) is 10.3. The number of thioether (sulfide) groups is 1. The highest BCUT2D eigenvalue weighted by Gasteiger charge is 2.27. The van der Waals surface area contributed by atoms with Gasteiger partial charge in [0.05, 0.1) is 0 Å². The Labute approximate surface area is 130 Å². The molecule has 1 fully saturated rings. The van der Waals surface area contributed by atoms with Crippen LogP contribution < -0.4 is 5.32 Å². The van der Waals surface area contributed by atoms with Crippen molar-refractivity contribution >= 4 is 17.7 Å². The third-order valence-corrected chi connectivity index (χ3v) is 5.01. The van der Waals surface area contributed by atoms with Gasteiger partial charge in [0.15, 0.2) is 0 Å². The van der Waals surface area contributed by atoms with Crippen LogP contribution in [0.4, 0.5) is 0 Å². The molecule has 1 aliphatic heterocycles. The van der Waals surface area contributed by atoms with Crippen LogP contribution in [0, 0.1) is 0 Å². The molecule has 3 rings (SSSR count). The van der Waals surface area contributed by atoms with Gasteiger partial charge in [-0.3, -0.25) is 4.79 Å². The Hall–Kier alpha value is -1.74. The summed E-state index contributed by atoms with van der Waals surface area (Å²) in [4.78, 5) is 13.2. The Morgan fingerprint density at radius 3 is 2.38 bits per heavy atom. The summed E-state index contributed by atoms with van der Waals surface area (Å²) in [5, 5.41) is 3.13. The van der Waals surface area contributed by atoms with Gasteiger partial charge in [-0.2, -0.15) is 0 Å². The third-order valence-electron chi connectivity index (χ3n) is 3.83. The fraction of sp³-hybridized carbons (Fsp3) is 0.278. The average molecular weight is 297 g/mol. The van der Waals surface area contributed by atoms with Crippen LogP contribution in [0.1, 0.15) is 24.3 Å². The van der Waals surface area contributed by atoms with Crippen LogP contribution in [0.25, 0.3) is 0 Å². The first-order valence-electron chi connectivity index (χ1n) is 7.33. The summed E-state index contributed by atoms with van der Waals surface area (Å²) in [7, 11) is 0. The number of carbonyl (C=O) groups excluding carboxylic acids is 1. The molecule has 1 saturated heterocycles. The molecular weight excluding hydrogens is 278 g/mol. The molecule has 1 aliphatic rings. The minimum absolute atomic E-state index is 0.175. The molecule has 1 amide bonds. The molecular formula is C18H19NOS. The van der Waals surface area contributed by atoms with E-state index in [1.807, 2.05) is 23.9 Å². The van der Waals surface area contributed by atoms with Crippen LogP contribution in [-0.2, 0) is 4.79 Å². The topological polar surface area (TPSA) is 29.1 Å². The van der Waals surface area contributed by atoms with Gasteiger partial charge in [0.1, 0.15) is 0 Å². The number of piperidine rings is 1. The number of benzene rings is 2. The summed E-state index contributed by atoms with van der Waals surface area (Å²) in [5.41, 5.74) is 1.28. The van der Waals surface area contributed by atoms with Gasteiger partial charge in [0.2, 0.25) is 5.91 Å². The van der Waals surface area contributed by atoms with Crippen molar-refractivity contribution in [3.8, 4) is 0 Å². The van der Waals surface area contributed by atoms with Crippen molar-refractivity contribution in [1.82, 2.24) is 5.32 Å². The molecule has 0 aromatic heterocycles. The molecule has 21 heavy (non-hydrogen) atoms. The zero-order chi connectivity index (χ0) is 14.5. The van der Waals surface area contributed by atoms with E-state index in [9.17, 15) is 4.79 Å². The van der Waals surface area contributed by atoms with Crippen LogP contribution in [-0.4, -0.2) is 17.7 Å². The van der Waals surface area contributed by atoms with Gasteiger partial charge in [0, 0.05) is 23.1 Å². The molecule has 2 atom stereocenters. The summed E-state index contributed by atoms with van der Waals surface area (Å²) in [6.07, 6.45) is 1.63.